The van der Waals surface area contributed by atoms with Gasteiger partial charge in [0.1, 0.15) is 5.82 Å². The van der Waals surface area contributed by atoms with Crippen LogP contribution in [0.25, 0.3) is 10.9 Å². The maximum Gasteiger partial charge on any atom is 0.125 e. The minimum Gasteiger partial charge on any atom is -0.303 e. The van der Waals surface area contributed by atoms with Gasteiger partial charge in [-0.3, -0.25) is 5.10 Å². The maximum absolute atomic E-state index is 13.3. The predicted octanol–water partition coefficient (Wildman–Crippen LogP) is 4.12. The Kier molecular flexibility index (Phi) is 4.30. The Morgan fingerprint density at radius 1 is 1.08 bits per heavy atom. The molecule has 0 spiro atoms. The number of likely N-dealkylation sites (tertiary alicyclic amines) is 1. The van der Waals surface area contributed by atoms with E-state index in [0.717, 1.165) is 49.8 Å². The fourth-order valence-corrected chi connectivity index (χ4v) is 3.69. The Morgan fingerprint density at radius 3 is 2.67 bits per heavy atom. The first-order chi connectivity index (χ1) is 11.8. The van der Waals surface area contributed by atoms with E-state index in [1.54, 1.807) is 0 Å². The maximum atomic E-state index is 13.3. The number of fused-ring (bicyclic) bond motifs is 1. The number of H-pyrrole nitrogens is 1. The average Bonchev–Trinajstić information content (AvgIpc) is 3.04. The van der Waals surface area contributed by atoms with Crippen LogP contribution in [0.2, 0.25) is 0 Å². The van der Waals surface area contributed by atoms with E-state index in [1.165, 1.54) is 23.4 Å². The quantitative estimate of drug-likeness (QED) is 0.783. The summed E-state index contributed by atoms with van der Waals surface area (Å²) in [6, 6.07) is 15.5. The number of aromatic amines is 1. The summed E-state index contributed by atoms with van der Waals surface area (Å²) in [5.41, 5.74) is 3.31. The van der Waals surface area contributed by atoms with Gasteiger partial charge in [0.05, 0.1) is 5.52 Å². The van der Waals surface area contributed by atoms with Crippen LogP contribution in [0.15, 0.2) is 48.5 Å². The van der Waals surface area contributed by atoms with E-state index in [0.29, 0.717) is 5.92 Å². The van der Waals surface area contributed by atoms with Crippen molar-refractivity contribution in [1.82, 2.24) is 15.1 Å². The molecule has 0 unspecified atom stereocenters. The number of nitrogens with one attached hydrogen (secondary N) is 1. The second-order valence-corrected chi connectivity index (χ2v) is 6.65. The van der Waals surface area contributed by atoms with Crippen molar-refractivity contribution in [3.63, 3.8) is 0 Å². The number of hydrogen-bond donors (Lipinski definition) is 1. The highest BCUT2D eigenvalue weighted by molar-refractivity contribution is 5.81. The molecule has 4 rings (SSSR count). The van der Waals surface area contributed by atoms with Gasteiger partial charge in [-0.25, -0.2) is 4.39 Å². The minimum atomic E-state index is -0.226. The summed E-state index contributed by atoms with van der Waals surface area (Å²) in [6.45, 7) is 3.34. The van der Waals surface area contributed by atoms with Crippen LogP contribution in [0.5, 0.6) is 0 Å². The number of hydrogen-bond acceptors (Lipinski definition) is 2. The van der Waals surface area contributed by atoms with Crippen molar-refractivity contribution < 1.29 is 4.39 Å². The Labute approximate surface area is 141 Å². The van der Waals surface area contributed by atoms with Gasteiger partial charge in [0, 0.05) is 29.6 Å². The molecule has 1 fully saturated rings. The number of halogens is 1. The molecule has 3 aromatic rings. The highest BCUT2D eigenvalue weighted by atomic mass is 19.1. The number of piperidine rings is 1. The van der Waals surface area contributed by atoms with E-state index in [4.69, 9.17) is 0 Å². The first-order valence-electron chi connectivity index (χ1n) is 8.69. The van der Waals surface area contributed by atoms with E-state index >= 15 is 0 Å². The molecular weight excluding hydrogens is 301 g/mol. The van der Waals surface area contributed by atoms with Gasteiger partial charge >= 0.3 is 0 Å². The van der Waals surface area contributed by atoms with Crippen molar-refractivity contribution in [2.45, 2.75) is 25.2 Å². The molecule has 0 radical (unpaired) electrons. The third-order valence-corrected chi connectivity index (χ3v) is 5.10. The van der Waals surface area contributed by atoms with Crippen LogP contribution in [0, 0.1) is 5.82 Å². The molecular formula is C20H22FN3. The highest BCUT2D eigenvalue weighted by Gasteiger charge is 2.23. The lowest BCUT2D eigenvalue weighted by Gasteiger charge is -2.31. The van der Waals surface area contributed by atoms with Gasteiger partial charge in [-0.05, 0) is 50.0 Å². The van der Waals surface area contributed by atoms with Gasteiger partial charge in [-0.2, -0.15) is 5.10 Å². The van der Waals surface area contributed by atoms with Gasteiger partial charge in [-0.15, -0.1) is 0 Å². The van der Waals surface area contributed by atoms with Gasteiger partial charge in [0.2, 0.25) is 0 Å². The van der Waals surface area contributed by atoms with Gasteiger partial charge in [0.25, 0.3) is 0 Å². The molecule has 0 bridgehead atoms. The SMILES string of the molecule is Fc1ccc2c(C3CCN(CCc4ccccc4)CC3)[nH]nc2c1. The molecule has 3 nitrogen and oxygen atoms in total. The molecule has 2 heterocycles. The second kappa shape index (κ2) is 6.73. The van der Waals surface area contributed by atoms with Crippen molar-refractivity contribution in [2.75, 3.05) is 19.6 Å². The van der Waals surface area contributed by atoms with Crippen LogP contribution in [0.1, 0.15) is 30.0 Å². The van der Waals surface area contributed by atoms with E-state index < -0.39 is 0 Å². The van der Waals surface area contributed by atoms with Crippen LogP contribution in [0.4, 0.5) is 4.39 Å². The zero-order valence-electron chi connectivity index (χ0n) is 13.7. The molecule has 0 saturated carbocycles. The van der Waals surface area contributed by atoms with E-state index in [2.05, 4.69) is 45.4 Å². The van der Waals surface area contributed by atoms with Crippen molar-refractivity contribution in [2.24, 2.45) is 0 Å². The van der Waals surface area contributed by atoms with E-state index in [-0.39, 0.29) is 5.82 Å². The average molecular weight is 323 g/mol. The van der Waals surface area contributed by atoms with Crippen molar-refractivity contribution in [1.29, 1.82) is 0 Å². The summed E-state index contributed by atoms with van der Waals surface area (Å²) in [5.74, 6) is 0.268. The third kappa shape index (κ3) is 3.20. The van der Waals surface area contributed by atoms with Crippen LogP contribution in [0.3, 0.4) is 0 Å². The molecule has 1 aliphatic heterocycles. The van der Waals surface area contributed by atoms with E-state index in [9.17, 15) is 4.39 Å². The molecule has 0 amide bonds. The first-order valence-corrected chi connectivity index (χ1v) is 8.69. The number of nitrogens with zero attached hydrogens (tertiary/aromatic N) is 2. The van der Waals surface area contributed by atoms with E-state index in [1.807, 2.05) is 6.07 Å². The lowest BCUT2D eigenvalue weighted by molar-refractivity contribution is 0.213. The highest BCUT2D eigenvalue weighted by Crippen LogP contribution is 2.31. The first kappa shape index (κ1) is 15.3. The van der Waals surface area contributed by atoms with Crippen LogP contribution >= 0.6 is 0 Å². The summed E-state index contributed by atoms with van der Waals surface area (Å²) >= 11 is 0. The lowest BCUT2D eigenvalue weighted by Crippen LogP contribution is -2.34. The smallest absolute Gasteiger partial charge is 0.125 e. The molecule has 1 aromatic heterocycles. The molecule has 0 aliphatic carbocycles. The molecule has 124 valence electrons. The predicted molar refractivity (Wildman–Crippen MR) is 94.6 cm³/mol. The zero-order chi connectivity index (χ0) is 16.4. The van der Waals surface area contributed by atoms with Crippen LogP contribution in [-0.2, 0) is 6.42 Å². The fourth-order valence-electron chi connectivity index (χ4n) is 3.69. The number of rotatable bonds is 4. The lowest BCUT2D eigenvalue weighted by atomic mass is 9.91. The summed E-state index contributed by atoms with van der Waals surface area (Å²) < 4.78 is 13.3. The van der Waals surface area contributed by atoms with Crippen molar-refractivity contribution in [3.05, 3.63) is 65.6 Å². The summed E-state index contributed by atoms with van der Waals surface area (Å²) in [4.78, 5) is 2.54. The van der Waals surface area contributed by atoms with Crippen molar-refractivity contribution in [3.8, 4) is 0 Å². The van der Waals surface area contributed by atoms with Crippen molar-refractivity contribution >= 4 is 10.9 Å². The molecule has 24 heavy (non-hydrogen) atoms. The molecule has 2 aromatic carbocycles. The molecule has 1 saturated heterocycles. The minimum absolute atomic E-state index is 0.226. The Bertz CT molecular complexity index is 804. The molecule has 0 atom stereocenters. The second-order valence-electron chi connectivity index (χ2n) is 6.65. The largest absolute Gasteiger partial charge is 0.303 e. The Balaban J connectivity index is 1.37. The number of benzene rings is 2. The van der Waals surface area contributed by atoms with Gasteiger partial charge in [0.15, 0.2) is 0 Å². The van der Waals surface area contributed by atoms with Crippen LogP contribution < -0.4 is 0 Å². The Morgan fingerprint density at radius 2 is 1.88 bits per heavy atom. The molecule has 1 N–H and O–H groups in total. The summed E-state index contributed by atoms with van der Waals surface area (Å²) in [6.07, 6.45) is 3.37. The monoisotopic (exact) mass is 323 g/mol. The molecule has 1 aliphatic rings. The van der Waals surface area contributed by atoms with Gasteiger partial charge < -0.3 is 4.90 Å². The molecule has 4 heteroatoms. The topological polar surface area (TPSA) is 31.9 Å². The number of aromatic nitrogens is 2. The Hall–Kier alpha value is -2.20. The normalized spacial score (nSPS) is 16.7. The standard InChI is InChI=1S/C20H22FN3/c21-17-6-7-18-19(14-17)22-23-20(18)16-9-12-24(13-10-16)11-8-15-4-2-1-3-5-15/h1-7,14,16H,8-13H2,(H,22,23). The summed E-state index contributed by atoms with van der Waals surface area (Å²) in [7, 11) is 0. The van der Waals surface area contributed by atoms with Crippen LogP contribution in [-0.4, -0.2) is 34.7 Å². The zero-order valence-corrected chi connectivity index (χ0v) is 13.7. The third-order valence-electron chi connectivity index (χ3n) is 5.10. The van der Waals surface area contributed by atoms with Gasteiger partial charge in [-0.1, -0.05) is 30.3 Å². The summed E-state index contributed by atoms with van der Waals surface area (Å²) in [5, 5.41) is 8.49. The fraction of sp³-hybridized carbons (Fsp3) is 0.350.